The SMILES string of the molecule is CC.CC(I)N(I)C(=O)I. The first-order valence-electron chi connectivity index (χ1n) is 2.84. The monoisotopic (exact) mass is 481 g/mol. The van der Waals surface area contributed by atoms with Crippen LogP contribution < -0.4 is 0 Å². The fourth-order valence-corrected chi connectivity index (χ4v) is 1.34. The molecule has 2 nitrogen and oxygen atoms in total. The average Bonchev–Trinajstić information content (AvgIpc) is 1.90. The maximum atomic E-state index is 10.5. The normalized spacial score (nSPS) is 11.0. The number of nitrogens with zero attached hydrogens (tertiary/aromatic N) is 1. The second-order valence-electron chi connectivity index (χ2n) is 1.14. The van der Waals surface area contributed by atoms with Gasteiger partial charge in [0.15, 0.2) is 0 Å². The van der Waals surface area contributed by atoms with E-state index in [4.69, 9.17) is 0 Å². The lowest BCUT2D eigenvalue weighted by atomic mass is 10.8. The second kappa shape index (κ2) is 8.75. The zero-order valence-electron chi connectivity index (χ0n) is 6.07. The van der Waals surface area contributed by atoms with E-state index >= 15 is 0 Å². The van der Waals surface area contributed by atoms with Crippen molar-refractivity contribution in [1.29, 1.82) is 0 Å². The molecule has 1 amide bonds. The van der Waals surface area contributed by atoms with Crippen molar-refractivity contribution in [3.05, 3.63) is 0 Å². The lowest BCUT2D eigenvalue weighted by Crippen LogP contribution is -2.18. The van der Waals surface area contributed by atoms with Crippen LogP contribution in [-0.2, 0) is 0 Å². The lowest BCUT2D eigenvalue weighted by molar-refractivity contribution is 0.254. The van der Waals surface area contributed by atoms with Crippen LogP contribution in [0.4, 0.5) is 4.79 Å². The molecule has 0 saturated heterocycles. The van der Waals surface area contributed by atoms with Gasteiger partial charge in [0.1, 0.15) is 0 Å². The number of amides is 1. The minimum atomic E-state index is 0.0742. The summed E-state index contributed by atoms with van der Waals surface area (Å²) in [6.45, 7) is 5.96. The van der Waals surface area contributed by atoms with Crippen LogP contribution in [0, 0.1) is 0 Å². The van der Waals surface area contributed by atoms with E-state index in [1.165, 1.54) is 0 Å². The smallest absolute Gasteiger partial charge is 0.263 e. The fourth-order valence-electron chi connectivity index (χ4n) is 0.140. The first-order chi connectivity index (χ1) is 4.55. The summed E-state index contributed by atoms with van der Waals surface area (Å²) in [6.07, 6.45) is 0. The van der Waals surface area contributed by atoms with Crippen molar-refractivity contribution in [3.8, 4) is 0 Å². The molecule has 0 saturated carbocycles. The lowest BCUT2D eigenvalue weighted by Gasteiger charge is -2.12. The quantitative estimate of drug-likeness (QED) is 0.183. The third-order valence-corrected chi connectivity index (χ3v) is 4.82. The third kappa shape index (κ3) is 7.76. The maximum absolute atomic E-state index is 10.5. The molecule has 5 heteroatoms. The van der Waals surface area contributed by atoms with Crippen LogP contribution in [0.1, 0.15) is 20.8 Å². The van der Waals surface area contributed by atoms with Crippen LogP contribution >= 0.6 is 68.0 Å². The van der Waals surface area contributed by atoms with Crippen LogP contribution in [0.3, 0.4) is 0 Å². The molecule has 0 radical (unpaired) electrons. The summed E-state index contributed by atoms with van der Waals surface area (Å²) in [6, 6.07) is 0. The van der Waals surface area contributed by atoms with E-state index in [2.05, 4.69) is 22.6 Å². The van der Waals surface area contributed by atoms with Gasteiger partial charge in [0.05, 0.1) is 26.9 Å². The Hall–Kier alpha value is 1.66. The molecule has 0 aliphatic rings. The number of rotatable bonds is 1. The van der Waals surface area contributed by atoms with E-state index < -0.39 is 0 Å². The molecule has 0 aromatic carbocycles. The van der Waals surface area contributed by atoms with Crippen LogP contribution in [0.5, 0.6) is 0 Å². The van der Waals surface area contributed by atoms with Crippen molar-refractivity contribution in [2.45, 2.75) is 24.8 Å². The molecule has 0 aromatic heterocycles. The summed E-state index contributed by atoms with van der Waals surface area (Å²) >= 11 is 5.93. The zero-order valence-corrected chi connectivity index (χ0v) is 12.5. The summed E-state index contributed by atoms with van der Waals surface area (Å²) in [5, 5.41) is 0. The highest BCUT2D eigenvalue weighted by molar-refractivity contribution is 14.1. The molecule has 0 aliphatic heterocycles. The molecule has 0 aliphatic carbocycles. The van der Waals surface area contributed by atoms with E-state index in [0.29, 0.717) is 0 Å². The Labute approximate surface area is 103 Å². The number of carbonyl (C=O) groups excluding carboxylic acids is 1. The number of halogens is 3. The summed E-state index contributed by atoms with van der Waals surface area (Å²) in [5.74, 6) is 0. The molecule has 0 bridgehead atoms. The van der Waals surface area contributed by atoms with Crippen LogP contribution in [0.2, 0.25) is 0 Å². The molecule has 0 heterocycles. The van der Waals surface area contributed by atoms with Gasteiger partial charge in [-0.05, 0) is 6.92 Å². The van der Waals surface area contributed by atoms with Crippen LogP contribution in [-0.4, -0.2) is 11.1 Å². The van der Waals surface area contributed by atoms with Crippen molar-refractivity contribution in [2.75, 3.05) is 0 Å². The molecule has 0 fully saturated rings. The fraction of sp³-hybridized carbons (Fsp3) is 0.800. The maximum Gasteiger partial charge on any atom is 0.292 e. The van der Waals surface area contributed by atoms with Gasteiger partial charge in [-0.2, -0.15) is 0 Å². The first-order valence-corrected chi connectivity index (χ1v) is 6.13. The minimum Gasteiger partial charge on any atom is -0.263 e. The van der Waals surface area contributed by atoms with E-state index in [1.807, 2.05) is 43.6 Å². The molecular weight excluding hydrogens is 471 g/mol. The van der Waals surface area contributed by atoms with Gasteiger partial charge >= 0.3 is 0 Å². The van der Waals surface area contributed by atoms with Crippen LogP contribution in [0.15, 0.2) is 0 Å². The van der Waals surface area contributed by atoms with Crippen molar-refractivity contribution < 1.29 is 4.79 Å². The van der Waals surface area contributed by atoms with Crippen molar-refractivity contribution in [1.82, 2.24) is 3.11 Å². The van der Waals surface area contributed by atoms with Gasteiger partial charge in [-0.1, -0.05) is 36.4 Å². The highest BCUT2D eigenvalue weighted by Crippen LogP contribution is 2.16. The standard InChI is InChI=1S/C3H4I3NO.C2H6/c1-2(4)7(6)3(5)8;1-2/h2H,1H3;1-2H3. The second-order valence-corrected chi connectivity index (χ2v) is 4.90. The largest absolute Gasteiger partial charge is 0.292 e. The predicted octanol–water partition coefficient (Wildman–Crippen LogP) is 4.00. The van der Waals surface area contributed by atoms with Gasteiger partial charge in [-0.25, -0.2) is 0 Å². The van der Waals surface area contributed by atoms with Crippen molar-refractivity contribution >= 4 is 72.0 Å². The number of carbonyl (C=O) groups is 1. The topological polar surface area (TPSA) is 20.3 Å². The summed E-state index contributed by atoms with van der Waals surface area (Å²) < 4.78 is 1.99. The Morgan fingerprint density at radius 2 is 1.80 bits per heavy atom. The first kappa shape index (κ1) is 14.2. The van der Waals surface area contributed by atoms with Gasteiger partial charge < -0.3 is 0 Å². The highest BCUT2D eigenvalue weighted by atomic mass is 127. The van der Waals surface area contributed by atoms with E-state index in [-0.39, 0.29) is 7.96 Å². The predicted molar refractivity (Wildman–Crippen MR) is 70.1 cm³/mol. The molecule has 10 heavy (non-hydrogen) atoms. The zero-order chi connectivity index (χ0) is 8.73. The average molecular weight is 481 g/mol. The summed E-state index contributed by atoms with van der Waals surface area (Å²) in [4.78, 5) is 10.5. The number of alkyl halides is 1. The molecule has 1 atom stereocenters. The van der Waals surface area contributed by atoms with E-state index in [0.717, 1.165) is 0 Å². The molecular formula is C5H10I3NO. The third-order valence-electron chi connectivity index (χ3n) is 0.480. The van der Waals surface area contributed by atoms with E-state index in [1.54, 1.807) is 25.7 Å². The molecule has 0 rings (SSSR count). The summed E-state index contributed by atoms with van der Waals surface area (Å²) in [7, 11) is 0. The van der Waals surface area contributed by atoms with Crippen molar-refractivity contribution in [2.24, 2.45) is 0 Å². The number of hydrogen-bond donors (Lipinski definition) is 0. The van der Waals surface area contributed by atoms with Crippen LogP contribution in [0.25, 0.3) is 0 Å². The Morgan fingerprint density at radius 3 is 1.80 bits per heavy atom. The molecule has 0 N–H and O–H groups in total. The van der Waals surface area contributed by atoms with E-state index in [9.17, 15) is 4.79 Å². The Bertz CT molecular complexity index is 96.9. The molecule has 0 spiro atoms. The van der Waals surface area contributed by atoms with Crippen molar-refractivity contribution in [3.63, 3.8) is 0 Å². The summed E-state index contributed by atoms with van der Waals surface area (Å²) in [5.41, 5.74) is 0. The number of hydrogen-bond acceptors (Lipinski definition) is 1. The molecule has 1 unspecified atom stereocenters. The Balaban J connectivity index is 0. The van der Waals surface area contributed by atoms with Gasteiger partial charge in [0.2, 0.25) is 0 Å². The Morgan fingerprint density at radius 1 is 1.50 bits per heavy atom. The van der Waals surface area contributed by atoms with Gasteiger partial charge in [0, 0.05) is 22.6 Å². The molecule has 0 aromatic rings. The van der Waals surface area contributed by atoms with Gasteiger partial charge in [0.25, 0.3) is 3.91 Å². The van der Waals surface area contributed by atoms with Gasteiger partial charge in [-0.3, -0.25) is 7.91 Å². The minimum absolute atomic E-state index is 0.0742. The highest BCUT2D eigenvalue weighted by Gasteiger charge is 2.09. The molecule has 62 valence electrons. The Kier molecular flexibility index (Phi) is 12.4. The van der Waals surface area contributed by atoms with Gasteiger partial charge in [-0.15, -0.1) is 0 Å².